The fourth-order valence-electron chi connectivity index (χ4n) is 3.14. The second kappa shape index (κ2) is 5.76. The summed E-state index contributed by atoms with van der Waals surface area (Å²) in [6.45, 7) is 1.91. The molecular weight excluding hydrogens is 338 g/mol. The van der Waals surface area contributed by atoms with Crippen LogP contribution >= 0.6 is 0 Å². The summed E-state index contributed by atoms with van der Waals surface area (Å²) in [5.74, 6) is -1.86. The number of carbonyl (C=O) groups is 2. The minimum Gasteiger partial charge on any atom is -0.381 e. The molecule has 2 aliphatic heterocycles. The van der Waals surface area contributed by atoms with Crippen molar-refractivity contribution >= 4 is 28.9 Å². The molecule has 130 valence electrons. The van der Waals surface area contributed by atoms with Gasteiger partial charge in [-0.3, -0.25) is 19.7 Å². The lowest BCUT2D eigenvalue weighted by molar-refractivity contribution is -0.384. The highest BCUT2D eigenvalue weighted by Crippen LogP contribution is 2.35. The van der Waals surface area contributed by atoms with Crippen molar-refractivity contribution in [1.82, 2.24) is 0 Å². The van der Waals surface area contributed by atoms with Gasteiger partial charge in [0.15, 0.2) is 0 Å². The number of non-ortho nitro benzene ring substituents is 1. The Kier molecular flexibility index (Phi) is 3.54. The van der Waals surface area contributed by atoms with Crippen LogP contribution < -0.4 is 4.90 Å². The smallest absolute Gasteiger partial charge is 0.278 e. The fraction of sp³-hybridized carbons (Fsp3) is 0.167. The van der Waals surface area contributed by atoms with Crippen LogP contribution in [0.4, 0.5) is 11.4 Å². The van der Waals surface area contributed by atoms with Crippen molar-refractivity contribution in [3.05, 3.63) is 69.8 Å². The SMILES string of the molecule is Cc1ccc(N2C(=O)[C@@H]3C(c4cccc([N+](=O)[O-])c4)=NO[C@@H]3C2=O)cc1. The third-order valence-electron chi connectivity index (χ3n) is 4.46. The van der Waals surface area contributed by atoms with Crippen LogP contribution in [-0.2, 0) is 14.4 Å². The molecule has 2 atom stereocenters. The van der Waals surface area contributed by atoms with Crippen molar-refractivity contribution in [2.24, 2.45) is 11.1 Å². The standard InChI is InChI=1S/C18H13N3O5/c1-10-5-7-12(8-6-10)20-17(22)14-15(19-26-16(14)18(20)23)11-3-2-4-13(9-11)21(24)25/h2-9,14,16H,1H3/t14-,16+/m1/s1. The molecule has 1 saturated heterocycles. The lowest BCUT2D eigenvalue weighted by atomic mass is 9.94. The lowest BCUT2D eigenvalue weighted by Crippen LogP contribution is -2.33. The number of rotatable bonds is 3. The molecule has 0 unspecified atom stereocenters. The molecule has 8 nitrogen and oxygen atoms in total. The van der Waals surface area contributed by atoms with Gasteiger partial charge in [-0.15, -0.1) is 0 Å². The molecule has 0 saturated carbocycles. The summed E-state index contributed by atoms with van der Waals surface area (Å²) >= 11 is 0. The van der Waals surface area contributed by atoms with Gasteiger partial charge in [-0.1, -0.05) is 35.0 Å². The van der Waals surface area contributed by atoms with Crippen molar-refractivity contribution < 1.29 is 19.3 Å². The van der Waals surface area contributed by atoms with Gasteiger partial charge in [0.05, 0.1) is 10.6 Å². The Labute approximate surface area is 147 Å². The van der Waals surface area contributed by atoms with E-state index < -0.39 is 28.8 Å². The Balaban J connectivity index is 1.70. The van der Waals surface area contributed by atoms with Crippen molar-refractivity contribution in [2.45, 2.75) is 13.0 Å². The largest absolute Gasteiger partial charge is 0.381 e. The first kappa shape index (κ1) is 15.9. The molecule has 0 spiro atoms. The van der Waals surface area contributed by atoms with E-state index in [9.17, 15) is 19.7 Å². The number of amides is 2. The zero-order valence-electron chi connectivity index (χ0n) is 13.7. The van der Waals surface area contributed by atoms with Crippen molar-refractivity contribution in [3.8, 4) is 0 Å². The molecule has 2 aromatic rings. The topological polar surface area (TPSA) is 102 Å². The summed E-state index contributed by atoms with van der Waals surface area (Å²) in [5.41, 5.74) is 1.95. The number of imide groups is 1. The molecule has 0 aromatic heterocycles. The van der Waals surface area contributed by atoms with Crippen LogP contribution in [0, 0.1) is 23.0 Å². The maximum absolute atomic E-state index is 12.9. The summed E-state index contributed by atoms with van der Waals surface area (Å²) in [4.78, 5) is 42.3. The monoisotopic (exact) mass is 351 g/mol. The van der Waals surface area contributed by atoms with E-state index in [0.717, 1.165) is 10.5 Å². The lowest BCUT2D eigenvalue weighted by Gasteiger charge is -2.15. The van der Waals surface area contributed by atoms with Crippen LogP contribution in [0.25, 0.3) is 0 Å². The van der Waals surface area contributed by atoms with Crippen LogP contribution in [0.15, 0.2) is 53.7 Å². The van der Waals surface area contributed by atoms with Gasteiger partial charge in [-0.25, -0.2) is 4.90 Å². The van der Waals surface area contributed by atoms with E-state index >= 15 is 0 Å². The summed E-state index contributed by atoms with van der Waals surface area (Å²) in [7, 11) is 0. The van der Waals surface area contributed by atoms with Gasteiger partial charge in [0.25, 0.3) is 11.6 Å². The van der Waals surface area contributed by atoms with E-state index in [1.165, 1.54) is 18.2 Å². The molecule has 0 radical (unpaired) electrons. The van der Waals surface area contributed by atoms with E-state index in [4.69, 9.17) is 4.84 Å². The number of aryl methyl sites for hydroxylation is 1. The van der Waals surface area contributed by atoms with Gasteiger partial charge < -0.3 is 4.84 Å². The van der Waals surface area contributed by atoms with E-state index in [0.29, 0.717) is 11.3 Å². The number of anilines is 1. The molecular formula is C18H13N3O5. The third-order valence-corrected chi connectivity index (χ3v) is 4.46. The molecule has 4 rings (SSSR count). The zero-order valence-corrected chi connectivity index (χ0v) is 13.7. The fourth-order valence-corrected chi connectivity index (χ4v) is 3.14. The maximum atomic E-state index is 12.9. The molecule has 2 aliphatic rings. The van der Waals surface area contributed by atoms with E-state index in [1.807, 2.05) is 6.92 Å². The van der Waals surface area contributed by atoms with E-state index in [1.54, 1.807) is 30.3 Å². The molecule has 2 aromatic carbocycles. The first-order chi connectivity index (χ1) is 12.5. The predicted molar refractivity (Wildman–Crippen MR) is 91.7 cm³/mol. The Bertz CT molecular complexity index is 967. The maximum Gasteiger partial charge on any atom is 0.278 e. The predicted octanol–water partition coefficient (Wildman–Crippen LogP) is 2.20. The number of oxime groups is 1. The van der Waals surface area contributed by atoms with Gasteiger partial charge in [0, 0.05) is 17.7 Å². The number of benzene rings is 2. The molecule has 8 heteroatoms. The van der Waals surface area contributed by atoms with E-state index in [-0.39, 0.29) is 11.4 Å². The van der Waals surface area contributed by atoms with Crippen molar-refractivity contribution in [1.29, 1.82) is 0 Å². The Morgan fingerprint density at radius 1 is 1.12 bits per heavy atom. The number of fused-ring (bicyclic) bond motifs is 1. The summed E-state index contributed by atoms with van der Waals surface area (Å²) in [6.07, 6.45) is -1.04. The Hall–Kier alpha value is -3.55. The normalized spacial score (nSPS) is 21.4. The van der Waals surface area contributed by atoms with Gasteiger partial charge in [-0.05, 0) is 19.1 Å². The second-order valence-corrected chi connectivity index (χ2v) is 6.14. The number of nitro benzene ring substituents is 1. The molecule has 26 heavy (non-hydrogen) atoms. The first-order valence-corrected chi connectivity index (χ1v) is 7.90. The Morgan fingerprint density at radius 2 is 1.85 bits per heavy atom. The summed E-state index contributed by atoms with van der Waals surface area (Å²) < 4.78 is 0. The van der Waals surface area contributed by atoms with E-state index in [2.05, 4.69) is 5.16 Å². The highest BCUT2D eigenvalue weighted by Gasteiger charge is 2.56. The van der Waals surface area contributed by atoms with Gasteiger partial charge in [0.2, 0.25) is 12.0 Å². The first-order valence-electron chi connectivity index (χ1n) is 7.90. The third kappa shape index (κ3) is 2.34. The summed E-state index contributed by atoms with van der Waals surface area (Å²) in [5, 5.41) is 14.8. The average molecular weight is 351 g/mol. The van der Waals surface area contributed by atoms with Crippen molar-refractivity contribution in [2.75, 3.05) is 4.90 Å². The van der Waals surface area contributed by atoms with Gasteiger partial charge >= 0.3 is 0 Å². The van der Waals surface area contributed by atoms with Gasteiger partial charge in [0.1, 0.15) is 11.6 Å². The molecule has 0 bridgehead atoms. The quantitative estimate of drug-likeness (QED) is 0.479. The van der Waals surface area contributed by atoms with Gasteiger partial charge in [-0.2, -0.15) is 0 Å². The highest BCUT2D eigenvalue weighted by molar-refractivity contribution is 6.32. The van der Waals surface area contributed by atoms with Crippen LogP contribution in [0.2, 0.25) is 0 Å². The number of carbonyl (C=O) groups excluding carboxylic acids is 2. The van der Waals surface area contributed by atoms with Crippen LogP contribution in [0.1, 0.15) is 11.1 Å². The molecule has 1 fully saturated rings. The molecule has 0 aliphatic carbocycles. The minimum absolute atomic E-state index is 0.124. The summed E-state index contributed by atoms with van der Waals surface area (Å²) in [6, 6.07) is 12.8. The van der Waals surface area contributed by atoms with Crippen molar-refractivity contribution in [3.63, 3.8) is 0 Å². The molecule has 0 N–H and O–H groups in total. The zero-order chi connectivity index (χ0) is 18.4. The second-order valence-electron chi connectivity index (χ2n) is 6.14. The van der Waals surface area contributed by atoms with Crippen LogP contribution in [-0.4, -0.2) is 28.6 Å². The molecule has 2 heterocycles. The molecule has 2 amide bonds. The average Bonchev–Trinajstić information content (AvgIpc) is 3.17. The number of hydrogen-bond acceptors (Lipinski definition) is 6. The highest BCUT2D eigenvalue weighted by atomic mass is 16.7. The minimum atomic E-state index is -1.04. The Morgan fingerprint density at radius 3 is 2.54 bits per heavy atom. The van der Waals surface area contributed by atoms with Crippen LogP contribution in [0.5, 0.6) is 0 Å². The van der Waals surface area contributed by atoms with Crippen LogP contribution in [0.3, 0.4) is 0 Å². The number of hydrogen-bond donors (Lipinski definition) is 0. The number of nitrogens with zero attached hydrogens (tertiary/aromatic N) is 3. The number of nitro groups is 1.